The topological polar surface area (TPSA) is 34.6 Å². The molecule has 0 aliphatic carbocycles. The van der Waals surface area contributed by atoms with Crippen molar-refractivity contribution in [3.8, 4) is 0 Å². The lowest BCUT2D eigenvalue weighted by Crippen LogP contribution is -2.37. The Hall–Kier alpha value is -1.97. The van der Waals surface area contributed by atoms with E-state index < -0.39 is 0 Å². The lowest BCUT2D eigenvalue weighted by Gasteiger charge is -2.06. The molecular formula is C20H29N4+. The standard InChI is InChI=1S/C20H29N4/c1-14(2)10-12-23-16(5)24(13-11-15(3)4)20-19(23)21-17-8-6-7-9-18(17)22-20/h6-9,14-15H,10-13H2,1-5H3/q+1. The first-order valence-electron chi connectivity index (χ1n) is 9.12. The Balaban J connectivity index is 2.16. The van der Waals surface area contributed by atoms with Gasteiger partial charge in [0, 0.05) is 6.92 Å². The van der Waals surface area contributed by atoms with Gasteiger partial charge in [-0.05, 0) is 36.8 Å². The van der Waals surface area contributed by atoms with Crippen LogP contribution in [0.5, 0.6) is 0 Å². The first-order valence-corrected chi connectivity index (χ1v) is 9.12. The van der Waals surface area contributed by atoms with Gasteiger partial charge >= 0.3 is 5.65 Å². The molecule has 3 aromatic rings. The number of imidazole rings is 1. The molecule has 0 radical (unpaired) electrons. The number of rotatable bonds is 6. The first kappa shape index (κ1) is 16.9. The van der Waals surface area contributed by atoms with Gasteiger partial charge in [-0.3, -0.25) is 0 Å². The van der Waals surface area contributed by atoms with Gasteiger partial charge in [0.25, 0.3) is 5.65 Å². The Morgan fingerprint density at radius 3 is 2.21 bits per heavy atom. The summed E-state index contributed by atoms with van der Waals surface area (Å²) in [4.78, 5) is 9.89. The highest BCUT2D eigenvalue weighted by Crippen LogP contribution is 2.18. The smallest absolute Gasteiger partial charge is 0.242 e. The van der Waals surface area contributed by atoms with Crippen molar-refractivity contribution in [2.24, 2.45) is 11.8 Å². The third kappa shape index (κ3) is 3.28. The van der Waals surface area contributed by atoms with Crippen molar-refractivity contribution in [1.82, 2.24) is 14.5 Å². The molecule has 0 aliphatic heterocycles. The van der Waals surface area contributed by atoms with Gasteiger partial charge in [-0.25, -0.2) is 14.1 Å². The molecule has 24 heavy (non-hydrogen) atoms. The molecule has 0 atom stereocenters. The minimum Gasteiger partial charge on any atom is -0.242 e. The van der Waals surface area contributed by atoms with Gasteiger partial charge < -0.3 is 0 Å². The van der Waals surface area contributed by atoms with E-state index in [1.54, 1.807) is 0 Å². The summed E-state index contributed by atoms with van der Waals surface area (Å²) in [7, 11) is 0. The van der Waals surface area contributed by atoms with Crippen molar-refractivity contribution < 1.29 is 4.57 Å². The first-order chi connectivity index (χ1) is 11.5. The molecule has 0 bridgehead atoms. The predicted octanol–water partition coefficient (Wildman–Crippen LogP) is 4.27. The largest absolute Gasteiger partial charge is 0.322 e. The summed E-state index contributed by atoms with van der Waals surface area (Å²) in [6.07, 6.45) is 2.31. The second kappa shape index (κ2) is 6.88. The second-order valence-corrected chi connectivity index (χ2v) is 7.58. The molecule has 1 aromatic carbocycles. The molecule has 0 spiro atoms. The van der Waals surface area contributed by atoms with Gasteiger partial charge in [0.2, 0.25) is 5.82 Å². The van der Waals surface area contributed by atoms with Crippen LogP contribution in [0, 0.1) is 18.8 Å². The van der Waals surface area contributed by atoms with Crippen LogP contribution >= 0.6 is 0 Å². The van der Waals surface area contributed by atoms with Gasteiger partial charge in [0.05, 0.1) is 13.1 Å². The monoisotopic (exact) mass is 325 g/mol. The van der Waals surface area contributed by atoms with E-state index in [4.69, 9.17) is 9.97 Å². The van der Waals surface area contributed by atoms with Crippen molar-refractivity contribution in [1.29, 1.82) is 0 Å². The zero-order valence-corrected chi connectivity index (χ0v) is 15.6. The average molecular weight is 325 g/mol. The Morgan fingerprint density at radius 1 is 0.958 bits per heavy atom. The van der Waals surface area contributed by atoms with Crippen LogP contribution in [0.25, 0.3) is 22.3 Å². The molecule has 0 saturated carbocycles. The predicted molar refractivity (Wildman–Crippen MR) is 98.9 cm³/mol. The second-order valence-electron chi connectivity index (χ2n) is 7.58. The van der Waals surface area contributed by atoms with Crippen LogP contribution in [0.2, 0.25) is 0 Å². The fourth-order valence-electron chi connectivity index (χ4n) is 3.11. The molecule has 0 unspecified atom stereocenters. The van der Waals surface area contributed by atoms with Crippen molar-refractivity contribution in [2.45, 2.75) is 60.5 Å². The molecule has 2 heterocycles. The molecule has 0 N–H and O–H groups in total. The Kier molecular flexibility index (Phi) is 4.83. The van der Waals surface area contributed by atoms with Crippen LogP contribution in [-0.2, 0) is 13.1 Å². The number of aryl methyl sites for hydroxylation is 2. The lowest BCUT2D eigenvalue weighted by atomic mass is 10.1. The summed E-state index contributed by atoms with van der Waals surface area (Å²) in [6.45, 7) is 13.3. The van der Waals surface area contributed by atoms with Crippen LogP contribution in [-0.4, -0.2) is 14.5 Å². The van der Waals surface area contributed by atoms with E-state index in [2.05, 4.69) is 55.9 Å². The molecule has 2 aromatic heterocycles. The van der Waals surface area contributed by atoms with E-state index in [9.17, 15) is 0 Å². The fourth-order valence-corrected chi connectivity index (χ4v) is 3.11. The van der Waals surface area contributed by atoms with E-state index in [0.29, 0.717) is 11.8 Å². The van der Waals surface area contributed by atoms with Crippen LogP contribution in [0.15, 0.2) is 24.3 Å². The highest BCUT2D eigenvalue weighted by Gasteiger charge is 2.24. The van der Waals surface area contributed by atoms with Gasteiger partial charge in [-0.1, -0.05) is 44.8 Å². The molecule has 0 amide bonds. The normalized spacial score (nSPS) is 12.1. The number of nitrogens with zero attached hydrogens (tertiary/aromatic N) is 4. The maximum absolute atomic E-state index is 4.94. The van der Waals surface area contributed by atoms with E-state index >= 15 is 0 Å². The van der Waals surface area contributed by atoms with Crippen LogP contribution in [0.3, 0.4) is 0 Å². The van der Waals surface area contributed by atoms with E-state index in [-0.39, 0.29) is 0 Å². The van der Waals surface area contributed by atoms with Gasteiger partial charge in [0.1, 0.15) is 5.52 Å². The Bertz CT molecular complexity index is 777. The lowest BCUT2D eigenvalue weighted by molar-refractivity contribution is -0.681. The number of benzene rings is 1. The molecule has 128 valence electrons. The summed E-state index contributed by atoms with van der Waals surface area (Å²) < 4.78 is 4.71. The highest BCUT2D eigenvalue weighted by atomic mass is 15.2. The zero-order valence-electron chi connectivity index (χ0n) is 15.6. The summed E-state index contributed by atoms with van der Waals surface area (Å²) >= 11 is 0. The third-order valence-corrected chi connectivity index (χ3v) is 4.69. The molecule has 3 rings (SSSR count). The fraction of sp³-hybridized carbons (Fsp3) is 0.550. The Labute approximate surface area is 144 Å². The number of para-hydroxylation sites is 2. The van der Waals surface area contributed by atoms with E-state index in [0.717, 1.165) is 48.3 Å². The summed E-state index contributed by atoms with van der Waals surface area (Å²) in [5.41, 5.74) is 4.00. The molecule has 4 nitrogen and oxygen atoms in total. The minimum absolute atomic E-state index is 0.680. The SMILES string of the molecule is Cc1n(CCC(C)C)c2nc3ccccc3nc2[n+]1CCC(C)C. The molecular weight excluding hydrogens is 296 g/mol. The summed E-state index contributed by atoms with van der Waals surface area (Å²) in [5, 5.41) is 0. The number of hydrogen-bond acceptors (Lipinski definition) is 2. The molecule has 4 heteroatoms. The van der Waals surface area contributed by atoms with Gasteiger partial charge in [0.15, 0.2) is 5.52 Å². The number of hydrogen-bond donors (Lipinski definition) is 0. The average Bonchev–Trinajstić information content (AvgIpc) is 2.79. The third-order valence-electron chi connectivity index (χ3n) is 4.69. The molecule has 0 fully saturated rings. The van der Waals surface area contributed by atoms with Crippen molar-refractivity contribution in [3.63, 3.8) is 0 Å². The number of fused-ring (bicyclic) bond motifs is 2. The molecule has 0 aliphatic rings. The zero-order chi connectivity index (χ0) is 17.3. The maximum Gasteiger partial charge on any atom is 0.322 e. The molecule has 0 saturated heterocycles. The Morgan fingerprint density at radius 2 is 1.58 bits per heavy atom. The maximum atomic E-state index is 4.94. The van der Waals surface area contributed by atoms with E-state index in [1.165, 1.54) is 5.82 Å². The highest BCUT2D eigenvalue weighted by molar-refractivity contribution is 5.81. The van der Waals surface area contributed by atoms with Crippen molar-refractivity contribution >= 4 is 22.3 Å². The van der Waals surface area contributed by atoms with Gasteiger partial charge in [-0.15, -0.1) is 0 Å². The van der Waals surface area contributed by atoms with Gasteiger partial charge in [-0.2, -0.15) is 0 Å². The summed E-state index contributed by atoms with van der Waals surface area (Å²) in [5.74, 6) is 2.63. The van der Waals surface area contributed by atoms with Crippen LogP contribution in [0.1, 0.15) is 46.4 Å². The van der Waals surface area contributed by atoms with Crippen LogP contribution < -0.4 is 4.57 Å². The van der Waals surface area contributed by atoms with Crippen LogP contribution in [0.4, 0.5) is 0 Å². The van der Waals surface area contributed by atoms with Crippen molar-refractivity contribution in [3.05, 3.63) is 30.1 Å². The van der Waals surface area contributed by atoms with Crippen molar-refractivity contribution in [2.75, 3.05) is 0 Å². The summed E-state index contributed by atoms with van der Waals surface area (Å²) in [6, 6.07) is 8.17. The minimum atomic E-state index is 0.680. The van der Waals surface area contributed by atoms with E-state index in [1.807, 2.05) is 12.1 Å². The number of aromatic nitrogens is 4. The quantitative estimate of drug-likeness (QED) is 0.634.